The van der Waals surface area contributed by atoms with E-state index in [4.69, 9.17) is 34.8 Å². The number of carbonyl (C=O) groups is 3. The molecule has 0 bridgehead atoms. The molecule has 2 aromatic carbocycles. The van der Waals surface area contributed by atoms with Gasteiger partial charge in [-0.2, -0.15) is 0 Å². The molecule has 0 saturated heterocycles. The average Bonchev–Trinajstić information content (AvgIpc) is 2.89. The van der Waals surface area contributed by atoms with Crippen molar-refractivity contribution in [3.63, 3.8) is 0 Å². The summed E-state index contributed by atoms with van der Waals surface area (Å²) < 4.78 is 26.0. The van der Waals surface area contributed by atoms with E-state index in [1.807, 2.05) is 22.6 Å². The second-order valence-electron chi connectivity index (χ2n) is 9.03. The number of hydrogen-bond acceptors (Lipinski definition) is 7. The molecule has 4 N–H and O–H groups in total. The Morgan fingerprint density at radius 2 is 1.85 bits per heavy atom. The average molecular weight is 760 g/mol. The van der Waals surface area contributed by atoms with E-state index < -0.39 is 34.5 Å². The van der Waals surface area contributed by atoms with Crippen LogP contribution in [-0.2, 0) is 27.8 Å². The number of carboxylic acid groups (broad SMARTS) is 1. The van der Waals surface area contributed by atoms with Gasteiger partial charge in [-0.3, -0.25) is 19.7 Å². The molecule has 41 heavy (non-hydrogen) atoms. The highest BCUT2D eigenvalue weighted by Gasteiger charge is 2.29. The van der Waals surface area contributed by atoms with Gasteiger partial charge in [-0.15, -0.1) is 4.55 Å². The minimum absolute atomic E-state index is 0.0237. The van der Waals surface area contributed by atoms with E-state index in [1.54, 1.807) is 36.2 Å². The van der Waals surface area contributed by atoms with Crippen LogP contribution in [0.3, 0.4) is 0 Å². The molecule has 17 heteroatoms. The Morgan fingerprint density at radius 1 is 1.20 bits per heavy atom. The molecule has 1 radical (unpaired) electrons. The summed E-state index contributed by atoms with van der Waals surface area (Å²) in [6.45, 7) is 0.0282. The SMILES string of the molecule is CN(C[I-])NC(=NC[C@H](NC(=O)c1c(Cl)cc2c(c1Cl)CCN(C(=O)c1ccc(Cl)cc1)C2)C(=O)O)NS(C)(=O)=O. The smallest absolute Gasteiger partial charge is 0.328 e. The number of amides is 2. The number of carboxylic acids is 1. The first-order valence-corrected chi connectivity index (χ1v) is 16.4. The summed E-state index contributed by atoms with van der Waals surface area (Å²) in [5.74, 6) is -2.69. The van der Waals surface area contributed by atoms with Gasteiger partial charge in [0.2, 0.25) is 16.0 Å². The van der Waals surface area contributed by atoms with E-state index in [0.717, 1.165) is 6.26 Å². The highest BCUT2D eigenvalue weighted by atomic mass is 127. The number of hydrogen-bond donors (Lipinski definition) is 4. The fourth-order valence-corrected chi connectivity index (χ4v) is 5.41. The molecule has 0 unspecified atom stereocenters. The van der Waals surface area contributed by atoms with E-state index >= 15 is 0 Å². The molecular formula is C24H26Cl3IN6O6S-. The Bertz CT molecular complexity index is 1480. The quantitative estimate of drug-likeness (QED) is 0.0626. The zero-order valence-corrected chi connectivity index (χ0v) is 27.0. The largest absolute Gasteiger partial charge is 0.779 e. The molecule has 223 valence electrons. The molecule has 1 aliphatic rings. The minimum atomic E-state index is -3.73. The van der Waals surface area contributed by atoms with Crippen molar-refractivity contribution < 1.29 is 50.5 Å². The van der Waals surface area contributed by atoms with Crippen LogP contribution in [0.15, 0.2) is 35.3 Å². The summed E-state index contributed by atoms with van der Waals surface area (Å²) in [4.78, 5) is 43.7. The van der Waals surface area contributed by atoms with Crippen LogP contribution >= 0.6 is 34.8 Å². The van der Waals surface area contributed by atoms with Crippen LogP contribution in [0.1, 0.15) is 31.8 Å². The summed E-state index contributed by atoms with van der Waals surface area (Å²) in [6.07, 6.45) is 1.26. The molecule has 3 rings (SSSR count). The van der Waals surface area contributed by atoms with Crippen molar-refractivity contribution in [1.29, 1.82) is 0 Å². The Hall–Kier alpha value is -2.37. The summed E-state index contributed by atoms with van der Waals surface area (Å²) in [5, 5.41) is 14.1. The van der Waals surface area contributed by atoms with Gasteiger partial charge in [0, 0.05) is 30.7 Å². The monoisotopic (exact) mass is 758 g/mol. The van der Waals surface area contributed by atoms with E-state index in [-0.39, 0.29) is 34.0 Å². The topological polar surface area (TPSA) is 161 Å². The van der Waals surface area contributed by atoms with Gasteiger partial charge in [0.05, 0.1) is 28.4 Å². The van der Waals surface area contributed by atoms with Crippen LogP contribution in [0.25, 0.3) is 0 Å². The van der Waals surface area contributed by atoms with Gasteiger partial charge in [-0.25, -0.2) is 23.2 Å². The normalized spacial score (nSPS) is 14.3. The van der Waals surface area contributed by atoms with Gasteiger partial charge in [-0.1, -0.05) is 34.8 Å². The lowest BCUT2D eigenvalue weighted by molar-refractivity contribution is -0.402. The number of sulfonamides is 1. The molecule has 1 atom stereocenters. The zero-order chi connectivity index (χ0) is 30.5. The van der Waals surface area contributed by atoms with Crippen LogP contribution < -0.4 is 38.1 Å². The van der Waals surface area contributed by atoms with Crippen LogP contribution in [0, 0.1) is 0 Å². The number of nitrogens with one attached hydrogen (secondary N) is 3. The maximum Gasteiger partial charge on any atom is 0.328 e. The number of alkyl halides is 1. The molecule has 0 aliphatic carbocycles. The number of carbonyl (C=O) groups excluding carboxylic acids is 2. The molecule has 1 heterocycles. The maximum atomic E-state index is 13.2. The van der Waals surface area contributed by atoms with Crippen molar-refractivity contribution in [1.82, 2.24) is 25.4 Å². The summed E-state index contributed by atoms with van der Waals surface area (Å²) in [6, 6.07) is 6.52. The number of halogens is 4. The Labute approximate surface area is 265 Å². The number of guanidine groups is 1. The third kappa shape index (κ3) is 9.06. The van der Waals surface area contributed by atoms with Gasteiger partial charge >= 0.3 is 5.97 Å². The standard InChI is InChI=1S/C24H26Cl3IN6O6S/c1-33(12-28)31-24(32-41(2,39)40)29-10-18(23(37)38)30-21(35)19-17(26)9-14-11-34(8-7-16(14)20(19)27)22(36)13-3-5-15(25)6-4-13/h3-6,9,18H,7-8,10-12H2,1-2H3,(H,30,35)(H,37,38)(H2,29,31,32)/q-1/t18-/m0/s1. The van der Waals surface area contributed by atoms with Crippen molar-refractivity contribution in [2.24, 2.45) is 4.99 Å². The maximum absolute atomic E-state index is 13.2. The predicted octanol–water partition coefficient (Wildman–Crippen LogP) is -1.12. The number of hydrazine groups is 1. The first-order chi connectivity index (χ1) is 19.2. The second kappa shape index (κ2) is 14.2. The summed E-state index contributed by atoms with van der Waals surface area (Å²) >= 11 is 21.0. The van der Waals surface area contributed by atoms with Gasteiger partial charge in [0.15, 0.2) is 0 Å². The van der Waals surface area contributed by atoms with Gasteiger partial charge in [0.25, 0.3) is 11.8 Å². The number of rotatable bonds is 9. The molecule has 0 saturated carbocycles. The van der Waals surface area contributed by atoms with E-state index in [2.05, 4.69) is 20.5 Å². The van der Waals surface area contributed by atoms with Crippen molar-refractivity contribution >= 4 is 68.6 Å². The summed E-state index contributed by atoms with van der Waals surface area (Å²) in [5.41, 5.74) is 4.32. The summed E-state index contributed by atoms with van der Waals surface area (Å²) in [7, 11) is -2.11. The van der Waals surface area contributed by atoms with Crippen LogP contribution in [-0.4, -0.2) is 84.2 Å². The number of aliphatic carboxylic acids is 1. The molecule has 0 aromatic heterocycles. The van der Waals surface area contributed by atoms with Crippen molar-refractivity contribution in [2.75, 3.05) is 30.9 Å². The lowest BCUT2D eigenvalue weighted by atomic mass is 9.96. The lowest BCUT2D eigenvalue weighted by Gasteiger charge is -2.30. The lowest BCUT2D eigenvalue weighted by Crippen LogP contribution is -3.36. The number of aliphatic imine (C=N–C) groups is 1. The van der Waals surface area contributed by atoms with Crippen LogP contribution in [0.2, 0.25) is 15.1 Å². The van der Waals surface area contributed by atoms with Gasteiger partial charge in [0.1, 0.15) is 6.04 Å². The van der Waals surface area contributed by atoms with Crippen molar-refractivity contribution in [3.05, 3.63) is 67.7 Å². The Morgan fingerprint density at radius 3 is 2.44 bits per heavy atom. The Kier molecular flexibility index (Phi) is 11.5. The third-order valence-corrected chi connectivity index (χ3v) is 8.36. The van der Waals surface area contributed by atoms with Gasteiger partial charge in [-0.05, 0) is 47.9 Å². The zero-order valence-electron chi connectivity index (χ0n) is 21.7. The second-order valence-corrected chi connectivity index (χ2v) is 12.7. The first-order valence-electron chi connectivity index (χ1n) is 11.8. The van der Waals surface area contributed by atoms with Crippen LogP contribution in [0.5, 0.6) is 0 Å². The van der Waals surface area contributed by atoms with E-state index in [0.29, 0.717) is 39.2 Å². The number of fused-ring (bicyclic) bond motifs is 1. The molecule has 2 amide bonds. The number of benzene rings is 2. The fraction of sp³-hybridized carbons (Fsp3) is 0.333. The highest BCUT2D eigenvalue weighted by Crippen LogP contribution is 2.35. The highest BCUT2D eigenvalue weighted by molar-refractivity contribution is 7.89. The fourth-order valence-electron chi connectivity index (χ4n) is 3.88. The molecule has 1 aliphatic heterocycles. The minimum Gasteiger partial charge on any atom is -0.779 e. The molecule has 0 fully saturated rings. The molecular weight excluding hydrogens is 734 g/mol. The van der Waals surface area contributed by atoms with E-state index in [9.17, 15) is 27.9 Å². The third-order valence-electron chi connectivity index (χ3n) is 5.80. The van der Waals surface area contributed by atoms with E-state index in [1.165, 1.54) is 11.1 Å². The first kappa shape index (κ1) is 33.1. The predicted molar refractivity (Wildman–Crippen MR) is 151 cm³/mol. The molecule has 2 aromatic rings. The van der Waals surface area contributed by atoms with Crippen molar-refractivity contribution in [3.8, 4) is 0 Å². The molecule has 0 spiro atoms. The van der Waals surface area contributed by atoms with Crippen molar-refractivity contribution in [2.45, 2.75) is 19.0 Å². The van der Waals surface area contributed by atoms with Gasteiger partial charge < -0.3 is 37.9 Å². The number of nitrogens with zero attached hydrogens (tertiary/aromatic N) is 3. The molecule has 12 nitrogen and oxygen atoms in total. The Balaban J connectivity index is 1.80. The van der Waals surface area contributed by atoms with Crippen LogP contribution in [0.4, 0.5) is 0 Å².